The van der Waals surface area contributed by atoms with Crippen LogP contribution in [0.15, 0.2) is 63.8 Å². The third kappa shape index (κ3) is 3.49. The van der Waals surface area contributed by atoms with E-state index in [0.717, 1.165) is 11.1 Å². The molecule has 0 saturated carbocycles. The molecule has 0 aliphatic rings. The number of carboxylic acid groups (broad SMARTS) is 1. The van der Waals surface area contributed by atoms with Crippen molar-refractivity contribution in [2.24, 2.45) is 0 Å². The van der Waals surface area contributed by atoms with E-state index in [2.05, 4.69) is 11.7 Å². The molecule has 0 aliphatic carbocycles. The van der Waals surface area contributed by atoms with Crippen molar-refractivity contribution in [1.82, 2.24) is 9.78 Å². The molecule has 0 spiro atoms. The van der Waals surface area contributed by atoms with E-state index in [-0.39, 0.29) is 11.1 Å². The number of halogens is 1. The van der Waals surface area contributed by atoms with E-state index in [1.165, 1.54) is 16.8 Å². The Morgan fingerprint density at radius 2 is 1.97 bits per heavy atom. The number of aromatic carboxylic acids is 1. The number of rotatable bonds is 4. The van der Waals surface area contributed by atoms with Gasteiger partial charge >= 0.3 is 5.97 Å². The van der Waals surface area contributed by atoms with E-state index in [1.54, 1.807) is 24.3 Å². The van der Waals surface area contributed by atoms with Gasteiger partial charge < -0.3 is 9.52 Å². The van der Waals surface area contributed by atoms with Crippen LogP contribution in [0, 0.1) is 6.92 Å². The molecule has 0 saturated heterocycles. The zero-order valence-corrected chi connectivity index (χ0v) is 16.7. The molecule has 0 unspecified atom stereocenters. The van der Waals surface area contributed by atoms with E-state index in [4.69, 9.17) is 16.0 Å². The first-order valence-corrected chi connectivity index (χ1v) is 9.43. The van der Waals surface area contributed by atoms with Crippen LogP contribution in [0.1, 0.15) is 21.7 Å². The number of carboxylic acids is 1. The van der Waals surface area contributed by atoms with Gasteiger partial charge in [-0.3, -0.25) is 9.89 Å². The van der Waals surface area contributed by atoms with Gasteiger partial charge in [0.15, 0.2) is 0 Å². The largest absolute Gasteiger partial charge is 0.478 e. The number of aromatic nitrogens is 2. The fourth-order valence-corrected chi connectivity index (χ4v) is 3.37. The molecule has 0 aliphatic heterocycles. The van der Waals surface area contributed by atoms with Crippen molar-refractivity contribution in [2.75, 3.05) is 0 Å². The smallest absolute Gasteiger partial charge is 0.335 e. The molecule has 6 nitrogen and oxygen atoms in total. The highest BCUT2D eigenvalue weighted by Gasteiger charge is 2.11. The Balaban J connectivity index is 1.78. The van der Waals surface area contributed by atoms with Gasteiger partial charge in [-0.1, -0.05) is 36.4 Å². The van der Waals surface area contributed by atoms with Gasteiger partial charge in [0.1, 0.15) is 11.5 Å². The van der Waals surface area contributed by atoms with Crippen LogP contribution in [0.5, 0.6) is 0 Å². The molecular weight excluding hydrogens is 404 g/mol. The summed E-state index contributed by atoms with van der Waals surface area (Å²) in [6.07, 6.45) is 1.60. The molecular formula is C23H17ClN2O4. The van der Waals surface area contributed by atoms with E-state index >= 15 is 0 Å². The number of benzene rings is 2. The molecule has 150 valence electrons. The predicted octanol–water partition coefficient (Wildman–Crippen LogP) is 3.32. The summed E-state index contributed by atoms with van der Waals surface area (Å²) >= 11 is 6.19. The molecule has 0 amide bonds. The molecule has 2 heterocycles. The lowest BCUT2D eigenvalue weighted by Gasteiger charge is -2.03. The number of furan rings is 1. The Kier molecular flexibility index (Phi) is 4.93. The second-order valence-corrected chi connectivity index (χ2v) is 7.17. The van der Waals surface area contributed by atoms with Crippen molar-refractivity contribution in [3.8, 4) is 17.0 Å². The molecule has 4 rings (SSSR count). The first kappa shape index (κ1) is 19.5. The average molecular weight is 421 g/mol. The quantitative estimate of drug-likeness (QED) is 0.530. The van der Waals surface area contributed by atoms with Gasteiger partial charge in [0.2, 0.25) is 0 Å². The van der Waals surface area contributed by atoms with Crippen LogP contribution in [-0.4, -0.2) is 20.9 Å². The van der Waals surface area contributed by atoms with Gasteiger partial charge in [-0.2, -0.15) is 0 Å². The minimum atomic E-state index is -1.07. The Labute approximate surface area is 176 Å². The van der Waals surface area contributed by atoms with Crippen molar-refractivity contribution >= 4 is 30.2 Å². The maximum atomic E-state index is 12.9. The standard InChI is InChI=1S/C23H17ClN2O4/c1-13-18(7-4-8-20(13)24)21-10-9-17(30-21)12-19-14(2)25-26(22(19)27)16-6-3-5-15(11-16)23(28)29/h3-12,25H,2H2,1H3,(H,28,29)/b19-12+. The summed E-state index contributed by atoms with van der Waals surface area (Å²) in [5.41, 5.74) is 1.89. The Hall–Kier alpha value is -3.77. The SMILES string of the molecule is C=c1[nH]n(-c2cccc(C(=O)O)c2)c(=O)/c1=C/c1ccc(-c2cccc(Cl)c2C)o1. The maximum absolute atomic E-state index is 12.9. The van der Waals surface area contributed by atoms with Gasteiger partial charge in [-0.25, -0.2) is 9.48 Å². The van der Waals surface area contributed by atoms with E-state index in [9.17, 15) is 14.7 Å². The number of hydrogen-bond donors (Lipinski definition) is 2. The highest BCUT2D eigenvalue weighted by Crippen LogP contribution is 2.29. The van der Waals surface area contributed by atoms with Crippen molar-refractivity contribution in [1.29, 1.82) is 0 Å². The lowest BCUT2D eigenvalue weighted by atomic mass is 10.1. The van der Waals surface area contributed by atoms with Gasteiger partial charge in [0.05, 0.1) is 21.8 Å². The summed E-state index contributed by atoms with van der Waals surface area (Å²) in [6.45, 7) is 5.80. The number of aromatic amines is 1. The lowest BCUT2D eigenvalue weighted by molar-refractivity contribution is 0.0697. The topological polar surface area (TPSA) is 88.2 Å². The number of nitrogens with zero attached hydrogens (tertiary/aromatic N) is 1. The van der Waals surface area contributed by atoms with E-state index in [1.807, 2.05) is 31.2 Å². The molecule has 0 fully saturated rings. The number of nitrogens with one attached hydrogen (secondary N) is 1. The maximum Gasteiger partial charge on any atom is 0.335 e. The Morgan fingerprint density at radius 3 is 2.73 bits per heavy atom. The van der Waals surface area contributed by atoms with Gasteiger partial charge in [0.25, 0.3) is 5.56 Å². The second kappa shape index (κ2) is 7.57. The van der Waals surface area contributed by atoms with E-state index < -0.39 is 5.97 Å². The Bertz CT molecular complexity index is 1440. The monoisotopic (exact) mass is 420 g/mol. The van der Waals surface area contributed by atoms with Gasteiger partial charge in [0, 0.05) is 10.6 Å². The normalized spacial score (nSPS) is 11.7. The fraction of sp³-hybridized carbons (Fsp3) is 0.0435. The van der Waals surface area contributed by atoms with Crippen LogP contribution in [0.25, 0.3) is 29.7 Å². The second-order valence-electron chi connectivity index (χ2n) is 6.76. The van der Waals surface area contributed by atoms with Crippen molar-refractivity contribution < 1.29 is 14.3 Å². The molecule has 0 radical (unpaired) electrons. The summed E-state index contributed by atoms with van der Waals surface area (Å²) in [4.78, 5) is 24.1. The van der Waals surface area contributed by atoms with Gasteiger partial charge in [-0.05, 0) is 55.0 Å². The summed E-state index contributed by atoms with van der Waals surface area (Å²) in [6, 6.07) is 15.2. The summed E-state index contributed by atoms with van der Waals surface area (Å²) in [7, 11) is 0. The van der Waals surface area contributed by atoms with E-state index in [0.29, 0.717) is 32.8 Å². The van der Waals surface area contributed by atoms with Crippen molar-refractivity contribution in [3.63, 3.8) is 0 Å². The molecule has 2 N–H and O–H groups in total. The van der Waals surface area contributed by atoms with Crippen LogP contribution >= 0.6 is 11.6 Å². The first-order chi connectivity index (χ1) is 14.3. The minimum Gasteiger partial charge on any atom is -0.478 e. The highest BCUT2D eigenvalue weighted by molar-refractivity contribution is 6.31. The van der Waals surface area contributed by atoms with Crippen LogP contribution < -0.4 is 16.1 Å². The third-order valence-electron chi connectivity index (χ3n) is 4.80. The Morgan fingerprint density at radius 1 is 1.20 bits per heavy atom. The van der Waals surface area contributed by atoms with Crippen LogP contribution in [0.4, 0.5) is 0 Å². The lowest BCUT2D eigenvalue weighted by Crippen LogP contribution is -2.33. The average Bonchev–Trinajstić information content (AvgIpc) is 3.30. The number of carbonyl (C=O) groups is 1. The zero-order valence-electron chi connectivity index (χ0n) is 16.0. The molecule has 0 bridgehead atoms. The van der Waals surface area contributed by atoms with Gasteiger partial charge in [-0.15, -0.1) is 0 Å². The first-order valence-electron chi connectivity index (χ1n) is 9.06. The molecule has 7 heteroatoms. The molecule has 4 aromatic rings. The van der Waals surface area contributed by atoms with Crippen LogP contribution in [0.3, 0.4) is 0 Å². The zero-order chi connectivity index (χ0) is 21.4. The summed E-state index contributed by atoms with van der Waals surface area (Å²) < 4.78 is 7.16. The summed E-state index contributed by atoms with van der Waals surface area (Å²) in [5, 5.41) is 13.4. The molecule has 2 aromatic carbocycles. The summed E-state index contributed by atoms with van der Waals surface area (Å²) in [5.74, 6) is 0.0474. The minimum absolute atomic E-state index is 0.0812. The molecule has 30 heavy (non-hydrogen) atoms. The third-order valence-corrected chi connectivity index (χ3v) is 5.21. The van der Waals surface area contributed by atoms with Crippen LogP contribution in [-0.2, 0) is 0 Å². The number of H-pyrrole nitrogens is 1. The molecule has 2 aromatic heterocycles. The van der Waals surface area contributed by atoms with Crippen molar-refractivity contribution in [3.05, 3.63) is 97.4 Å². The molecule has 0 atom stereocenters. The van der Waals surface area contributed by atoms with Crippen molar-refractivity contribution in [2.45, 2.75) is 6.92 Å². The number of hydrogen-bond acceptors (Lipinski definition) is 3. The van der Waals surface area contributed by atoms with Crippen LogP contribution in [0.2, 0.25) is 5.02 Å². The highest BCUT2D eigenvalue weighted by atomic mass is 35.5. The predicted molar refractivity (Wildman–Crippen MR) is 116 cm³/mol. The fourth-order valence-electron chi connectivity index (χ4n) is 3.20.